The van der Waals surface area contributed by atoms with E-state index in [4.69, 9.17) is 4.74 Å². The van der Waals surface area contributed by atoms with E-state index >= 15 is 0 Å². The van der Waals surface area contributed by atoms with Crippen LogP contribution in [0, 0.1) is 11.6 Å². The van der Waals surface area contributed by atoms with Crippen LogP contribution < -0.4 is 0 Å². The fraction of sp³-hybridized carbons (Fsp3) is 0.261. The molecule has 166 valence electrons. The Kier molecular flexibility index (Phi) is 6.96. The molecular formula is C23H22F2N4O2S. The molecule has 0 spiro atoms. The summed E-state index contributed by atoms with van der Waals surface area (Å²) in [6, 6.07) is 12.5. The number of rotatable bonds is 7. The Bertz CT molecular complexity index is 1100. The zero-order chi connectivity index (χ0) is 22.5. The third-order valence-electron chi connectivity index (χ3n) is 5.13. The van der Waals surface area contributed by atoms with Crippen LogP contribution in [0.4, 0.5) is 8.78 Å². The Morgan fingerprint density at radius 2 is 1.97 bits per heavy atom. The fourth-order valence-electron chi connectivity index (χ4n) is 3.50. The minimum absolute atomic E-state index is 0.0639. The van der Waals surface area contributed by atoms with Gasteiger partial charge in [-0.05, 0) is 29.8 Å². The number of carbonyl (C=O) groups excluding carboxylic acids is 1. The van der Waals surface area contributed by atoms with Crippen LogP contribution in [0.3, 0.4) is 0 Å². The van der Waals surface area contributed by atoms with Crippen LogP contribution in [0.1, 0.15) is 11.7 Å². The quantitative estimate of drug-likeness (QED) is 0.396. The zero-order valence-electron chi connectivity index (χ0n) is 17.3. The molecule has 0 radical (unpaired) electrons. The van der Waals surface area contributed by atoms with Gasteiger partial charge in [0.15, 0.2) is 11.0 Å². The molecule has 0 N–H and O–H groups in total. The molecule has 1 aliphatic heterocycles. The SMILES string of the molecule is C=CCn1c(SCC(=O)N2CCOC(c3ccc(F)cc3)C2)nnc1-c1ccccc1F. The lowest BCUT2D eigenvalue weighted by Crippen LogP contribution is -2.43. The van der Waals surface area contributed by atoms with E-state index < -0.39 is 5.82 Å². The highest BCUT2D eigenvalue weighted by Gasteiger charge is 2.26. The predicted octanol–water partition coefficient (Wildman–Crippen LogP) is 4.10. The van der Waals surface area contributed by atoms with Gasteiger partial charge in [-0.15, -0.1) is 16.8 Å². The molecule has 1 aliphatic rings. The van der Waals surface area contributed by atoms with Gasteiger partial charge in [-0.1, -0.05) is 42.1 Å². The average Bonchev–Trinajstić information content (AvgIpc) is 3.21. The number of carbonyl (C=O) groups is 1. The molecule has 0 saturated carbocycles. The maximum atomic E-state index is 14.3. The Hall–Kier alpha value is -3.04. The number of thioether (sulfide) groups is 1. The van der Waals surface area contributed by atoms with E-state index in [9.17, 15) is 13.6 Å². The molecule has 3 aromatic rings. The smallest absolute Gasteiger partial charge is 0.233 e. The van der Waals surface area contributed by atoms with Crippen molar-refractivity contribution in [1.82, 2.24) is 19.7 Å². The van der Waals surface area contributed by atoms with Gasteiger partial charge < -0.3 is 9.64 Å². The fourth-order valence-corrected chi connectivity index (χ4v) is 4.35. The molecule has 1 saturated heterocycles. The first kappa shape index (κ1) is 22.2. The van der Waals surface area contributed by atoms with Gasteiger partial charge in [0.05, 0.1) is 24.5 Å². The van der Waals surface area contributed by atoms with Crippen molar-refractivity contribution in [3.05, 3.63) is 78.4 Å². The number of nitrogens with zero attached hydrogens (tertiary/aromatic N) is 4. The number of amides is 1. The van der Waals surface area contributed by atoms with E-state index in [0.717, 1.165) is 5.56 Å². The van der Waals surface area contributed by atoms with Gasteiger partial charge in [0.2, 0.25) is 5.91 Å². The maximum Gasteiger partial charge on any atom is 0.233 e. The van der Waals surface area contributed by atoms with E-state index in [1.807, 2.05) is 0 Å². The van der Waals surface area contributed by atoms with Crippen LogP contribution in [-0.2, 0) is 16.1 Å². The second kappa shape index (κ2) is 10.1. The number of aromatic nitrogens is 3. The minimum Gasteiger partial charge on any atom is -0.370 e. The third-order valence-corrected chi connectivity index (χ3v) is 6.08. The number of ether oxygens (including phenoxy) is 1. The highest BCUT2D eigenvalue weighted by Crippen LogP contribution is 2.27. The zero-order valence-corrected chi connectivity index (χ0v) is 18.1. The average molecular weight is 457 g/mol. The summed E-state index contributed by atoms with van der Waals surface area (Å²) in [5.41, 5.74) is 1.17. The third kappa shape index (κ3) is 4.89. The standard InChI is InChI=1S/C23H22F2N4O2S/c1-2-11-29-22(18-5-3-4-6-19(18)25)26-27-23(29)32-15-21(30)28-12-13-31-20(14-28)16-7-9-17(24)10-8-16/h2-10,20H,1,11-15H2. The molecule has 1 amide bonds. The Morgan fingerprint density at radius 1 is 1.19 bits per heavy atom. The molecule has 1 atom stereocenters. The predicted molar refractivity (Wildman–Crippen MR) is 118 cm³/mol. The summed E-state index contributed by atoms with van der Waals surface area (Å²) < 4.78 is 35.0. The van der Waals surface area contributed by atoms with Gasteiger partial charge in [-0.25, -0.2) is 8.78 Å². The van der Waals surface area contributed by atoms with E-state index in [2.05, 4.69) is 16.8 Å². The highest BCUT2D eigenvalue weighted by atomic mass is 32.2. The summed E-state index contributed by atoms with van der Waals surface area (Å²) in [5.74, 6) is -0.222. The number of hydrogen-bond donors (Lipinski definition) is 0. The van der Waals surface area contributed by atoms with E-state index in [1.165, 1.54) is 30.0 Å². The van der Waals surface area contributed by atoms with Gasteiger partial charge >= 0.3 is 0 Å². The lowest BCUT2D eigenvalue weighted by Gasteiger charge is -2.33. The van der Waals surface area contributed by atoms with Crippen molar-refractivity contribution in [3.63, 3.8) is 0 Å². The van der Waals surface area contributed by atoms with Crippen molar-refractivity contribution in [2.24, 2.45) is 0 Å². The lowest BCUT2D eigenvalue weighted by molar-refractivity contribution is -0.136. The first-order valence-corrected chi connectivity index (χ1v) is 11.1. The number of morpholine rings is 1. The van der Waals surface area contributed by atoms with Crippen molar-refractivity contribution in [2.45, 2.75) is 17.8 Å². The molecule has 9 heteroatoms. The monoisotopic (exact) mass is 456 g/mol. The summed E-state index contributed by atoms with van der Waals surface area (Å²) in [6.07, 6.45) is 1.38. The molecule has 4 rings (SSSR count). The Morgan fingerprint density at radius 3 is 2.72 bits per heavy atom. The summed E-state index contributed by atoms with van der Waals surface area (Å²) in [6.45, 7) is 5.42. The van der Waals surface area contributed by atoms with Crippen molar-refractivity contribution in [3.8, 4) is 11.4 Å². The van der Waals surface area contributed by atoms with Crippen molar-refractivity contribution < 1.29 is 18.3 Å². The van der Waals surface area contributed by atoms with Crippen LogP contribution in [0.25, 0.3) is 11.4 Å². The van der Waals surface area contributed by atoms with Crippen molar-refractivity contribution in [2.75, 3.05) is 25.4 Å². The number of benzene rings is 2. The second-order valence-corrected chi connectivity index (χ2v) is 8.17. The molecule has 0 aliphatic carbocycles. The minimum atomic E-state index is -0.391. The van der Waals surface area contributed by atoms with E-state index in [1.54, 1.807) is 45.9 Å². The van der Waals surface area contributed by atoms with Crippen molar-refractivity contribution >= 4 is 17.7 Å². The van der Waals surface area contributed by atoms with Gasteiger partial charge in [-0.2, -0.15) is 0 Å². The van der Waals surface area contributed by atoms with Gasteiger partial charge in [0.1, 0.15) is 17.7 Å². The summed E-state index contributed by atoms with van der Waals surface area (Å²) in [5, 5.41) is 8.83. The molecule has 6 nitrogen and oxygen atoms in total. The van der Waals surface area contributed by atoms with Gasteiger partial charge in [-0.3, -0.25) is 9.36 Å². The largest absolute Gasteiger partial charge is 0.370 e. The number of hydrogen-bond acceptors (Lipinski definition) is 5. The molecule has 32 heavy (non-hydrogen) atoms. The molecule has 1 unspecified atom stereocenters. The molecule has 1 fully saturated rings. The van der Waals surface area contributed by atoms with E-state index in [0.29, 0.717) is 42.8 Å². The first-order chi connectivity index (χ1) is 15.6. The topological polar surface area (TPSA) is 60.2 Å². The molecular weight excluding hydrogens is 434 g/mol. The second-order valence-electron chi connectivity index (χ2n) is 7.22. The molecule has 2 heterocycles. The van der Waals surface area contributed by atoms with Crippen LogP contribution in [0.5, 0.6) is 0 Å². The highest BCUT2D eigenvalue weighted by molar-refractivity contribution is 7.99. The Labute approximate surface area is 188 Å². The van der Waals surface area contributed by atoms with Crippen LogP contribution in [-0.4, -0.2) is 51.0 Å². The molecule has 2 aromatic carbocycles. The first-order valence-electron chi connectivity index (χ1n) is 10.1. The molecule has 0 bridgehead atoms. The van der Waals surface area contributed by atoms with Gasteiger partial charge in [0.25, 0.3) is 0 Å². The lowest BCUT2D eigenvalue weighted by atomic mass is 10.1. The summed E-state index contributed by atoms with van der Waals surface area (Å²) >= 11 is 1.25. The Balaban J connectivity index is 1.44. The van der Waals surface area contributed by atoms with Crippen molar-refractivity contribution in [1.29, 1.82) is 0 Å². The summed E-state index contributed by atoms with van der Waals surface area (Å²) in [7, 11) is 0. The van der Waals surface area contributed by atoms with E-state index in [-0.39, 0.29) is 23.6 Å². The van der Waals surface area contributed by atoms with Crippen LogP contribution in [0.15, 0.2) is 66.3 Å². The van der Waals surface area contributed by atoms with Gasteiger partial charge in [0, 0.05) is 13.1 Å². The number of allylic oxidation sites excluding steroid dienone is 1. The summed E-state index contributed by atoms with van der Waals surface area (Å²) in [4.78, 5) is 14.6. The normalized spacial score (nSPS) is 16.2. The van der Waals surface area contributed by atoms with Crippen LogP contribution >= 0.6 is 11.8 Å². The van der Waals surface area contributed by atoms with Crippen LogP contribution in [0.2, 0.25) is 0 Å². The molecule has 1 aromatic heterocycles. The maximum absolute atomic E-state index is 14.3. The number of halogens is 2.